The van der Waals surface area contributed by atoms with E-state index in [9.17, 15) is 4.79 Å². The van der Waals surface area contributed by atoms with Crippen molar-refractivity contribution in [1.29, 1.82) is 0 Å². The van der Waals surface area contributed by atoms with Crippen molar-refractivity contribution in [1.82, 2.24) is 14.6 Å². The van der Waals surface area contributed by atoms with E-state index in [1.165, 1.54) is 15.9 Å². The van der Waals surface area contributed by atoms with Crippen LogP contribution in [0.5, 0.6) is 5.75 Å². The van der Waals surface area contributed by atoms with Crippen molar-refractivity contribution in [3.8, 4) is 17.1 Å². The molecule has 0 unspecified atom stereocenters. The highest BCUT2D eigenvalue weighted by Gasteiger charge is 2.12. The lowest BCUT2D eigenvalue weighted by Gasteiger charge is -2.08. The smallest absolute Gasteiger partial charge is 0.291 e. The second-order valence-corrected chi connectivity index (χ2v) is 7.73. The van der Waals surface area contributed by atoms with Gasteiger partial charge in [-0.1, -0.05) is 90.2 Å². The van der Waals surface area contributed by atoms with Gasteiger partial charge in [-0.25, -0.2) is 0 Å². The van der Waals surface area contributed by atoms with E-state index in [2.05, 4.69) is 10.1 Å². The largest absolute Gasteiger partial charge is 0.488 e. The minimum Gasteiger partial charge on any atom is -0.488 e. The molecule has 2 aromatic heterocycles. The predicted molar refractivity (Wildman–Crippen MR) is 119 cm³/mol. The van der Waals surface area contributed by atoms with Gasteiger partial charge in [0, 0.05) is 11.1 Å². The third kappa shape index (κ3) is 3.60. The van der Waals surface area contributed by atoms with Gasteiger partial charge in [-0.15, -0.1) is 5.10 Å². The van der Waals surface area contributed by atoms with Crippen LogP contribution in [0.15, 0.2) is 89.7 Å². The fourth-order valence-electron chi connectivity index (χ4n) is 3.15. The van der Waals surface area contributed by atoms with Crippen LogP contribution in [0, 0.1) is 0 Å². The van der Waals surface area contributed by atoms with E-state index in [1.807, 2.05) is 91.0 Å². The van der Waals surface area contributed by atoms with Crippen LogP contribution in [0.25, 0.3) is 22.4 Å². The number of hydrogen-bond donors (Lipinski definition) is 0. The van der Waals surface area contributed by atoms with Crippen molar-refractivity contribution in [2.45, 2.75) is 6.61 Å². The lowest BCUT2D eigenvalue weighted by atomic mass is 10.2. The van der Waals surface area contributed by atoms with Crippen molar-refractivity contribution < 1.29 is 4.74 Å². The zero-order valence-corrected chi connectivity index (χ0v) is 16.8. The van der Waals surface area contributed by atoms with Crippen LogP contribution in [-0.2, 0) is 6.61 Å². The monoisotopic (exact) mass is 411 g/mol. The van der Waals surface area contributed by atoms with Gasteiger partial charge in [0.05, 0.1) is 4.53 Å². The highest BCUT2D eigenvalue weighted by Crippen LogP contribution is 2.21. The van der Waals surface area contributed by atoms with Crippen molar-refractivity contribution in [2.75, 3.05) is 0 Å². The van der Waals surface area contributed by atoms with Gasteiger partial charge in [0.2, 0.25) is 4.96 Å². The van der Waals surface area contributed by atoms with Crippen molar-refractivity contribution in [3.05, 3.63) is 111 Å². The standard InChI is InChI=1S/C24H17N3O2S/c28-23-21(30-24-25-22(26-27(23)24)18-11-5-2-6-12-18)15-19-13-7-8-14-20(19)29-16-17-9-3-1-4-10-17/h1-15H,16H2/b21-15-. The first-order chi connectivity index (χ1) is 14.8. The maximum Gasteiger partial charge on any atom is 0.291 e. The van der Waals surface area contributed by atoms with E-state index in [0.29, 0.717) is 21.9 Å². The zero-order valence-electron chi connectivity index (χ0n) is 15.9. The average molecular weight is 411 g/mol. The summed E-state index contributed by atoms with van der Waals surface area (Å²) in [5.41, 5.74) is 2.64. The molecule has 3 aromatic carbocycles. The van der Waals surface area contributed by atoms with Crippen LogP contribution >= 0.6 is 11.3 Å². The molecule has 0 bridgehead atoms. The first-order valence-corrected chi connectivity index (χ1v) is 10.3. The molecular weight excluding hydrogens is 394 g/mol. The molecule has 0 saturated heterocycles. The van der Waals surface area contributed by atoms with Crippen LogP contribution in [0.4, 0.5) is 0 Å². The maximum absolute atomic E-state index is 12.9. The third-order valence-electron chi connectivity index (χ3n) is 4.66. The molecule has 0 aliphatic carbocycles. The molecule has 0 atom stereocenters. The highest BCUT2D eigenvalue weighted by molar-refractivity contribution is 7.15. The summed E-state index contributed by atoms with van der Waals surface area (Å²) in [6.07, 6.45) is 1.84. The van der Waals surface area contributed by atoms with Crippen LogP contribution in [-0.4, -0.2) is 14.6 Å². The Morgan fingerprint density at radius 2 is 1.60 bits per heavy atom. The Morgan fingerprint density at radius 1 is 0.900 bits per heavy atom. The number of ether oxygens (including phenoxy) is 1. The summed E-state index contributed by atoms with van der Waals surface area (Å²) >= 11 is 1.32. The van der Waals surface area contributed by atoms with Gasteiger partial charge >= 0.3 is 0 Å². The van der Waals surface area contributed by atoms with Crippen LogP contribution in [0.3, 0.4) is 0 Å². The van der Waals surface area contributed by atoms with Gasteiger partial charge in [-0.05, 0) is 17.7 Å². The Bertz CT molecular complexity index is 1410. The van der Waals surface area contributed by atoms with Gasteiger partial charge in [-0.2, -0.15) is 9.50 Å². The molecule has 0 radical (unpaired) electrons. The fraction of sp³-hybridized carbons (Fsp3) is 0.0417. The minimum absolute atomic E-state index is 0.178. The molecule has 5 aromatic rings. The number of nitrogens with zero attached hydrogens (tertiary/aromatic N) is 3. The van der Waals surface area contributed by atoms with Gasteiger partial charge < -0.3 is 4.74 Å². The Labute approximate surface area is 176 Å². The van der Waals surface area contributed by atoms with E-state index in [-0.39, 0.29) is 5.56 Å². The normalized spacial score (nSPS) is 11.8. The molecule has 146 valence electrons. The Kier molecular flexibility index (Phi) is 4.83. The molecular formula is C24H17N3O2S. The lowest BCUT2D eigenvalue weighted by molar-refractivity contribution is 0.305. The van der Waals surface area contributed by atoms with Gasteiger partial charge in [-0.3, -0.25) is 4.79 Å². The zero-order chi connectivity index (χ0) is 20.3. The van der Waals surface area contributed by atoms with E-state index in [0.717, 1.165) is 22.4 Å². The molecule has 0 aliphatic rings. The van der Waals surface area contributed by atoms with Crippen LogP contribution in [0.1, 0.15) is 11.1 Å². The van der Waals surface area contributed by atoms with Gasteiger partial charge in [0.15, 0.2) is 5.82 Å². The summed E-state index contributed by atoms with van der Waals surface area (Å²) < 4.78 is 7.94. The molecule has 0 aliphatic heterocycles. The van der Waals surface area contributed by atoms with Crippen LogP contribution < -0.4 is 14.8 Å². The maximum atomic E-state index is 12.9. The number of hydrogen-bond acceptors (Lipinski definition) is 5. The van der Waals surface area contributed by atoms with Gasteiger partial charge in [0.25, 0.3) is 5.56 Å². The Balaban J connectivity index is 1.49. The first-order valence-electron chi connectivity index (χ1n) is 9.50. The number of para-hydroxylation sites is 1. The molecule has 0 N–H and O–H groups in total. The molecule has 5 nitrogen and oxygen atoms in total. The Morgan fingerprint density at radius 3 is 2.37 bits per heavy atom. The number of thiazole rings is 1. The molecule has 2 heterocycles. The summed E-state index contributed by atoms with van der Waals surface area (Å²) in [4.78, 5) is 18.0. The van der Waals surface area contributed by atoms with E-state index >= 15 is 0 Å². The molecule has 0 spiro atoms. The molecule has 6 heteroatoms. The predicted octanol–water partition coefficient (Wildman–Crippen LogP) is 3.94. The SMILES string of the molecule is O=c1/c(=C/c2ccccc2OCc2ccccc2)sc2nc(-c3ccccc3)nn12. The number of fused-ring (bicyclic) bond motifs is 1. The third-order valence-corrected chi connectivity index (χ3v) is 5.62. The molecule has 0 saturated carbocycles. The summed E-state index contributed by atoms with van der Waals surface area (Å²) in [6, 6.07) is 27.3. The number of rotatable bonds is 5. The lowest BCUT2D eigenvalue weighted by Crippen LogP contribution is -2.23. The van der Waals surface area contributed by atoms with E-state index in [4.69, 9.17) is 4.74 Å². The van der Waals surface area contributed by atoms with E-state index in [1.54, 1.807) is 0 Å². The van der Waals surface area contributed by atoms with Gasteiger partial charge in [0.1, 0.15) is 12.4 Å². The quantitative estimate of drug-likeness (QED) is 0.440. The summed E-state index contributed by atoms with van der Waals surface area (Å²) in [5.74, 6) is 1.28. The average Bonchev–Trinajstić information content (AvgIpc) is 3.34. The Hall–Kier alpha value is -3.77. The molecule has 0 amide bonds. The molecule has 30 heavy (non-hydrogen) atoms. The second kappa shape index (κ2) is 7.93. The van der Waals surface area contributed by atoms with Crippen molar-refractivity contribution >= 4 is 22.4 Å². The summed E-state index contributed by atoms with van der Waals surface area (Å²) in [5, 5.41) is 4.40. The topological polar surface area (TPSA) is 56.5 Å². The van der Waals surface area contributed by atoms with Crippen molar-refractivity contribution in [3.63, 3.8) is 0 Å². The summed E-state index contributed by atoms with van der Waals surface area (Å²) in [7, 11) is 0. The first kappa shape index (κ1) is 18.3. The highest BCUT2D eigenvalue weighted by atomic mass is 32.1. The van der Waals surface area contributed by atoms with Crippen LogP contribution in [0.2, 0.25) is 0 Å². The molecule has 5 rings (SSSR count). The fourth-order valence-corrected chi connectivity index (χ4v) is 4.05. The van der Waals surface area contributed by atoms with Crippen molar-refractivity contribution in [2.24, 2.45) is 0 Å². The minimum atomic E-state index is -0.178. The number of aromatic nitrogens is 3. The second-order valence-electron chi connectivity index (χ2n) is 6.72. The van der Waals surface area contributed by atoms with E-state index < -0.39 is 0 Å². The number of benzene rings is 3. The molecule has 0 fully saturated rings. The summed E-state index contributed by atoms with van der Waals surface area (Å²) in [6.45, 7) is 0.464.